The molecule has 0 aromatic heterocycles. The maximum absolute atomic E-state index is 12.4. The molecule has 7 atom stereocenters. The van der Waals surface area contributed by atoms with Crippen LogP contribution in [0.5, 0.6) is 0 Å². The SMILES string of the molecule is [2H]C1([2H])C[C@H]2[C@@H]3CC=C4C[C@@H](O)CC[C@]4(C)[C@H]3CC[C@]2(C)[C@@]1(O)C(C)=O. The van der Waals surface area contributed by atoms with Gasteiger partial charge in [0.1, 0.15) is 5.60 Å². The van der Waals surface area contributed by atoms with Crippen molar-refractivity contribution in [3.8, 4) is 0 Å². The van der Waals surface area contributed by atoms with E-state index in [4.69, 9.17) is 2.74 Å². The molecule has 0 radical (unpaired) electrons. The molecule has 0 heterocycles. The highest BCUT2D eigenvalue weighted by Gasteiger charge is 2.65. The number of aliphatic hydroxyl groups is 2. The Morgan fingerprint density at radius 2 is 2.00 bits per heavy atom. The Kier molecular flexibility index (Phi) is 3.12. The molecular formula is C21H32O3. The van der Waals surface area contributed by atoms with Gasteiger partial charge in [-0.2, -0.15) is 0 Å². The van der Waals surface area contributed by atoms with Gasteiger partial charge in [0.2, 0.25) is 0 Å². The Hall–Kier alpha value is -0.670. The first kappa shape index (κ1) is 14.5. The summed E-state index contributed by atoms with van der Waals surface area (Å²) in [5.41, 5.74) is -1.13. The zero-order chi connectivity index (χ0) is 19.1. The predicted octanol–water partition coefficient (Wildman–Crippen LogP) is 3.63. The van der Waals surface area contributed by atoms with E-state index in [0.717, 1.165) is 32.1 Å². The van der Waals surface area contributed by atoms with Crippen LogP contribution in [0.2, 0.25) is 0 Å². The monoisotopic (exact) mass is 334 g/mol. The fraction of sp³-hybridized carbons (Fsp3) is 0.857. The van der Waals surface area contributed by atoms with Crippen LogP contribution < -0.4 is 0 Å². The van der Waals surface area contributed by atoms with Crippen LogP contribution in [0.25, 0.3) is 0 Å². The minimum Gasteiger partial charge on any atom is -0.393 e. The number of ketones is 1. The number of aliphatic hydroxyl groups excluding tert-OH is 1. The highest BCUT2D eigenvalue weighted by Crippen LogP contribution is 2.67. The van der Waals surface area contributed by atoms with Crippen molar-refractivity contribution in [2.75, 3.05) is 0 Å². The van der Waals surface area contributed by atoms with E-state index in [-0.39, 0.29) is 23.9 Å². The quantitative estimate of drug-likeness (QED) is 0.720. The molecule has 0 aromatic rings. The van der Waals surface area contributed by atoms with Crippen LogP contribution in [0.3, 0.4) is 0 Å². The molecule has 0 amide bonds. The third-order valence-corrected chi connectivity index (χ3v) is 8.38. The second-order valence-corrected chi connectivity index (χ2v) is 9.26. The lowest BCUT2D eigenvalue weighted by Crippen LogP contribution is -2.56. The standard InChI is InChI=1S/C21H32O3/c1-13(22)21(24)11-8-18-16-5-4-14-12-15(23)6-9-19(14,2)17(16)7-10-20(18,21)3/h4,15-18,23-24H,5-12H2,1-3H3/t15-,16+,17-,18-,19-,20-,21-/m0/s1/i11D2. The summed E-state index contributed by atoms with van der Waals surface area (Å²) < 4.78 is 17.0. The fourth-order valence-corrected chi connectivity index (χ4v) is 6.77. The molecule has 4 rings (SSSR count). The lowest BCUT2D eigenvalue weighted by atomic mass is 9.47. The Labute approximate surface area is 148 Å². The summed E-state index contributed by atoms with van der Waals surface area (Å²) in [7, 11) is 0. The van der Waals surface area contributed by atoms with Gasteiger partial charge in [0.05, 0.1) is 6.10 Å². The van der Waals surface area contributed by atoms with Crippen molar-refractivity contribution in [1.29, 1.82) is 0 Å². The minimum absolute atomic E-state index is 0.0200. The molecule has 134 valence electrons. The molecule has 0 spiro atoms. The van der Waals surface area contributed by atoms with Gasteiger partial charge in [-0.3, -0.25) is 4.79 Å². The Balaban J connectivity index is 1.75. The number of hydrogen-bond acceptors (Lipinski definition) is 3. The van der Waals surface area contributed by atoms with Crippen molar-refractivity contribution in [3.63, 3.8) is 0 Å². The number of rotatable bonds is 1. The number of hydrogen-bond donors (Lipinski definition) is 2. The summed E-state index contributed by atoms with van der Waals surface area (Å²) in [6, 6.07) is 0. The van der Waals surface area contributed by atoms with Crippen LogP contribution in [0.4, 0.5) is 0 Å². The topological polar surface area (TPSA) is 57.5 Å². The van der Waals surface area contributed by atoms with Crippen molar-refractivity contribution in [3.05, 3.63) is 11.6 Å². The lowest BCUT2D eigenvalue weighted by molar-refractivity contribution is -0.159. The zero-order valence-corrected chi connectivity index (χ0v) is 15.1. The Morgan fingerprint density at radius 1 is 1.25 bits per heavy atom. The fourth-order valence-electron chi connectivity index (χ4n) is 6.77. The number of fused-ring (bicyclic) bond motifs is 5. The Bertz CT molecular complexity index is 674. The third-order valence-electron chi connectivity index (χ3n) is 8.38. The van der Waals surface area contributed by atoms with Crippen LogP contribution in [-0.4, -0.2) is 27.7 Å². The second kappa shape index (κ2) is 5.17. The van der Waals surface area contributed by atoms with E-state index in [2.05, 4.69) is 13.0 Å². The maximum Gasteiger partial charge on any atom is 0.161 e. The molecule has 0 aliphatic heterocycles. The first-order valence-electron chi connectivity index (χ1n) is 10.6. The van der Waals surface area contributed by atoms with Gasteiger partial charge in [0, 0.05) is 8.16 Å². The van der Waals surface area contributed by atoms with Gasteiger partial charge in [-0.15, -0.1) is 0 Å². The first-order valence-corrected chi connectivity index (χ1v) is 9.58. The van der Waals surface area contributed by atoms with Gasteiger partial charge < -0.3 is 10.2 Å². The molecule has 3 saturated carbocycles. The zero-order valence-electron chi connectivity index (χ0n) is 17.1. The smallest absolute Gasteiger partial charge is 0.161 e. The van der Waals surface area contributed by atoms with Gasteiger partial charge in [-0.25, -0.2) is 0 Å². The summed E-state index contributed by atoms with van der Waals surface area (Å²) in [4.78, 5) is 12.4. The van der Waals surface area contributed by atoms with Gasteiger partial charge >= 0.3 is 0 Å². The van der Waals surface area contributed by atoms with Crippen LogP contribution in [0.1, 0.15) is 74.8 Å². The molecule has 2 N–H and O–H groups in total. The molecule has 3 fully saturated rings. The molecule has 24 heavy (non-hydrogen) atoms. The highest BCUT2D eigenvalue weighted by atomic mass is 16.3. The second-order valence-electron chi connectivity index (χ2n) is 9.26. The predicted molar refractivity (Wildman–Crippen MR) is 93.3 cm³/mol. The molecular weight excluding hydrogens is 300 g/mol. The number of carbonyl (C=O) groups excluding carboxylic acids is 1. The third kappa shape index (κ3) is 1.94. The van der Waals surface area contributed by atoms with Gasteiger partial charge in [-0.1, -0.05) is 25.5 Å². The van der Waals surface area contributed by atoms with Crippen LogP contribution >= 0.6 is 0 Å². The van der Waals surface area contributed by atoms with E-state index in [1.807, 2.05) is 6.92 Å². The number of Topliss-reactive ketones (excluding diaryl/α,β-unsaturated/α-hetero) is 1. The van der Waals surface area contributed by atoms with Crippen LogP contribution in [0.15, 0.2) is 11.6 Å². The van der Waals surface area contributed by atoms with Crippen molar-refractivity contribution >= 4 is 5.78 Å². The summed E-state index contributed by atoms with van der Waals surface area (Å²) in [6.45, 7) is 5.62. The largest absolute Gasteiger partial charge is 0.393 e. The summed E-state index contributed by atoms with van der Waals surface area (Å²) in [5, 5.41) is 21.4. The molecule has 0 unspecified atom stereocenters. The first-order chi connectivity index (χ1) is 12.0. The molecule has 0 saturated heterocycles. The maximum atomic E-state index is 12.4. The van der Waals surface area contributed by atoms with E-state index < -0.39 is 23.2 Å². The Morgan fingerprint density at radius 3 is 2.71 bits per heavy atom. The van der Waals surface area contributed by atoms with Crippen molar-refractivity contribution in [2.45, 2.75) is 83.8 Å². The number of allylic oxidation sites excluding steroid dienone is 1. The summed E-state index contributed by atoms with van der Waals surface area (Å²) in [5.74, 6) is 0.357. The van der Waals surface area contributed by atoms with Crippen LogP contribution in [0, 0.1) is 28.6 Å². The minimum atomic E-state index is -1.89. The van der Waals surface area contributed by atoms with Crippen molar-refractivity contribution in [1.82, 2.24) is 0 Å². The van der Waals surface area contributed by atoms with Crippen molar-refractivity contribution in [2.24, 2.45) is 28.6 Å². The van der Waals surface area contributed by atoms with E-state index in [1.54, 1.807) is 0 Å². The average molecular weight is 334 g/mol. The summed E-state index contributed by atoms with van der Waals surface area (Å²) >= 11 is 0. The van der Waals surface area contributed by atoms with Gasteiger partial charge in [0.15, 0.2) is 5.78 Å². The molecule has 3 nitrogen and oxygen atoms in total. The van der Waals surface area contributed by atoms with Crippen molar-refractivity contribution < 1.29 is 17.7 Å². The molecule has 0 aromatic carbocycles. The highest BCUT2D eigenvalue weighted by molar-refractivity contribution is 5.86. The molecule has 3 heteroatoms. The molecule has 0 bridgehead atoms. The van der Waals surface area contributed by atoms with E-state index >= 15 is 0 Å². The van der Waals surface area contributed by atoms with Crippen LogP contribution in [-0.2, 0) is 4.79 Å². The van der Waals surface area contributed by atoms with Gasteiger partial charge in [-0.05, 0) is 81.4 Å². The normalized spacial score (nSPS) is 57.0. The molecule has 4 aliphatic rings. The van der Waals surface area contributed by atoms with E-state index in [1.165, 1.54) is 12.5 Å². The average Bonchev–Trinajstić information content (AvgIpc) is 2.73. The summed E-state index contributed by atoms with van der Waals surface area (Å²) in [6.07, 6.45) is 5.52. The van der Waals surface area contributed by atoms with E-state index in [9.17, 15) is 15.0 Å². The molecule has 4 aliphatic carbocycles. The number of carbonyl (C=O) groups is 1. The van der Waals surface area contributed by atoms with Gasteiger partial charge in [0.25, 0.3) is 0 Å². The van der Waals surface area contributed by atoms with E-state index in [0.29, 0.717) is 18.3 Å². The lowest BCUT2D eigenvalue weighted by Gasteiger charge is -2.58.